The quantitative estimate of drug-likeness (QED) is 0.170. The minimum absolute atomic E-state index is 0.0479. The van der Waals surface area contributed by atoms with E-state index in [9.17, 15) is 0 Å². The molecule has 4 aliphatic carbocycles. The normalized spacial score (nSPS) is 22.7. The summed E-state index contributed by atoms with van der Waals surface area (Å²) in [5.41, 5.74) is 8.82. The van der Waals surface area contributed by atoms with Crippen molar-refractivity contribution in [1.82, 2.24) is 5.32 Å². The van der Waals surface area contributed by atoms with Gasteiger partial charge in [0.25, 0.3) is 0 Å². The van der Waals surface area contributed by atoms with Gasteiger partial charge in [-0.2, -0.15) is 0 Å². The number of hydrogen-bond acceptors (Lipinski definition) is 1. The summed E-state index contributed by atoms with van der Waals surface area (Å²) in [5.74, 6) is 0. The number of rotatable bonds is 2. The zero-order valence-electron chi connectivity index (χ0n) is 42.7. The fraction of sp³-hybridized carbons (Fsp3) is 0.0488. The highest BCUT2D eigenvalue weighted by molar-refractivity contribution is 6.82. The van der Waals surface area contributed by atoms with Crippen LogP contribution in [-0.2, 0) is 10.8 Å². The Morgan fingerprint density at radius 1 is 0.181 bits per heavy atom. The molecule has 37 rings (SSSR count). The molecule has 2 spiro atoms. The fourth-order valence-electron chi connectivity index (χ4n) is 28.5. The van der Waals surface area contributed by atoms with Crippen molar-refractivity contribution in [3.63, 3.8) is 0 Å². The molecule has 83 heavy (non-hydrogen) atoms. The monoisotopic (exact) mass is 1020 g/mol. The molecule has 1 heteroatoms. The molecule has 1 nitrogen and oxygen atoms in total. The van der Waals surface area contributed by atoms with E-state index in [0.29, 0.717) is 0 Å². The molecule has 350 valence electrons. The molecule has 1 heterocycles. The maximum Gasteiger partial charge on any atom is 0.0579 e. The van der Waals surface area contributed by atoms with Crippen molar-refractivity contribution in [1.29, 1.82) is 0 Å². The Balaban J connectivity index is 1.04. The van der Waals surface area contributed by atoms with Crippen LogP contribution in [0.3, 0.4) is 0 Å². The zero-order chi connectivity index (χ0) is 49.7. The van der Waals surface area contributed by atoms with E-state index in [2.05, 4.69) is 84.9 Å². The van der Waals surface area contributed by atoms with E-state index >= 15 is 0 Å². The van der Waals surface area contributed by atoms with E-state index in [-0.39, 0.29) is 12.1 Å². The average Bonchev–Trinajstić information content (AvgIpc) is 1.39. The van der Waals surface area contributed by atoms with Crippen LogP contribution in [-0.4, -0.2) is 0 Å². The van der Waals surface area contributed by atoms with E-state index in [4.69, 9.17) is 5.32 Å². The predicted octanol–water partition coefficient (Wildman–Crippen LogP) is 21.7. The molecule has 5 aliphatic rings. The first-order valence-corrected chi connectivity index (χ1v) is 30.9. The lowest BCUT2D eigenvalue weighted by Crippen LogP contribution is -2.52. The van der Waals surface area contributed by atoms with Crippen LogP contribution in [0.4, 0.5) is 0 Å². The van der Waals surface area contributed by atoms with Crippen LogP contribution in [0.1, 0.15) is 45.5 Å². The van der Waals surface area contributed by atoms with Crippen LogP contribution in [0.2, 0.25) is 0 Å². The van der Waals surface area contributed by atoms with Crippen LogP contribution < -0.4 is 5.32 Å². The Hall–Kier alpha value is -10.2. The van der Waals surface area contributed by atoms with Crippen molar-refractivity contribution in [2.45, 2.75) is 22.9 Å². The molecule has 2 unspecified atom stereocenters. The summed E-state index contributed by atoms with van der Waals surface area (Å²) in [5, 5.41) is 99.7. The highest BCUT2D eigenvalue weighted by Crippen LogP contribution is 2.88. The Morgan fingerprint density at radius 2 is 0.349 bits per heavy atom. The lowest BCUT2D eigenvalue weighted by atomic mass is 9.45. The lowest BCUT2D eigenvalue weighted by molar-refractivity contribution is 0.335. The van der Waals surface area contributed by atoms with Gasteiger partial charge in [-0.3, -0.25) is 0 Å². The van der Waals surface area contributed by atoms with Crippen molar-refractivity contribution in [3.8, 4) is 0 Å². The third kappa shape index (κ3) is 1.90. The summed E-state index contributed by atoms with van der Waals surface area (Å²) < 4.78 is 0. The maximum absolute atomic E-state index is 5.09. The molecule has 32 aromatic carbocycles. The minimum Gasteiger partial charge on any atom is -0.301 e. The third-order valence-corrected chi connectivity index (χ3v) is 28.9. The number of benzene rings is 22. The molecule has 0 radical (unpaired) electrons. The van der Waals surface area contributed by atoms with Crippen LogP contribution >= 0.6 is 0 Å². The Morgan fingerprint density at radius 3 is 0.554 bits per heavy atom. The van der Waals surface area contributed by atoms with E-state index in [1.807, 2.05) is 0 Å². The largest absolute Gasteiger partial charge is 0.301 e. The topological polar surface area (TPSA) is 12.0 Å². The first-order chi connectivity index (χ1) is 41.4. The highest BCUT2D eigenvalue weighted by atomic mass is 15.1. The molecule has 1 aliphatic heterocycles. The number of nitrogens with one attached hydrogen (secondary N) is 1. The van der Waals surface area contributed by atoms with Gasteiger partial charge >= 0.3 is 0 Å². The molecule has 1 fully saturated rings. The van der Waals surface area contributed by atoms with Gasteiger partial charge in [0.05, 0.1) is 10.8 Å². The van der Waals surface area contributed by atoms with Crippen molar-refractivity contribution in [2.24, 2.45) is 0 Å². The number of fused-ring (bicyclic) bond motifs is 2. The third-order valence-electron chi connectivity index (χ3n) is 28.9. The molecule has 0 bridgehead atoms. The smallest absolute Gasteiger partial charge is 0.0579 e. The van der Waals surface area contributed by atoms with Crippen molar-refractivity contribution >= 4 is 312 Å². The zero-order valence-corrected chi connectivity index (χ0v) is 42.7. The van der Waals surface area contributed by atoms with Crippen molar-refractivity contribution in [3.05, 3.63) is 118 Å². The predicted molar refractivity (Wildman–Crippen MR) is 350 cm³/mol. The summed E-state index contributed by atoms with van der Waals surface area (Å²) in [7, 11) is 0. The first kappa shape index (κ1) is 32.3. The standard InChI is InChI=1S/C82H17N/c1-3-11-17-15(7-1)9-5-13-19(17)79-81-75-67-59-49-39-31-23-21-22-25-29-27(23)35-43-37(29)47-41-33(25)34-26(22)30-28-24(21)32(31)40-46-36(28)44-38(30)48-42(34)52-51(41)61-55(47)65-57(43)63(53(59)45(35)39)71(75)73(65)77-69(61)70-62(52)56(48)66-58(44)64-54(46)60(50(40)49)68(67)76(81)72(64)74(66)78(70)82(77,81)80(83-79)20-14-6-10-16-8-2-4-12-18(16)20/h1-14,79-80,83H. The van der Waals surface area contributed by atoms with Crippen LogP contribution in [0.5, 0.6) is 0 Å². The van der Waals surface area contributed by atoms with Crippen molar-refractivity contribution < 1.29 is 0 Å². The summed E-state index contributed by atoms with van der Waals surface area (Å²) in [6.45, 7) is 0. The molecular weight excluding hydrogens is 999 g/mol. The average molecular weight is 1020 g/mol. The van der Waals surface area contributed by atoms with Crippen LogP contribution in [0, 0.1) is 0 Å². The second kappa shape index (κ2) is 7.81. The molecular formula is C82H17N. The lowest BCUT2D eigenvalue weighted by Gasteiger charge is -2.53. The second-order valence-corrected chi connectivity index (χ2v) is 29.5. The van der Waals surface area contributed by atoms with Gasteiger partial charge in [-0.1, -0.05) is 84.9 Å². The molecule has 2 atom stereocenters. The molecule has 1 N–H and O–H groups in total. The molecule has 0 saturated carbocycles. The van der Waals surface area contributed by atoms with Gasteiger partial charge in [0.1, 0.15) is 0 Å². The van der Waals surface area contributed by atoms with E-state index < -0.39 is 10.8 Å². The summed E-state index contributed by atoms with van der Waals surface area (Å²) in [6.07, 6.45) is 0. The highest BCUT2D eigenvalue weighted by Gasteiger charge is 2.78. The molecule has 0 amide bonds. The van der Waals surface area contributed by atoms with Gasteiger partial charge in [-0.15, -0.1) is 0 Å². The van der Waals surface area contributed by atoms with Gasteiger partial charge in [-0.25, -0.2) is 0 Å². The second-order valence-electron chi connectivity index (χ2n) is 29.5. The molecule has 1 saturated heterocycles. The van der Waals surface area contributed by atoms with Gasteiger partial charge in [-0.05, 0) is 346 Å². The number of hydrogen-bond donors (Lipinski definition) is 1. The Bertz CT molecular complexity index is 7860. The first-order valence-electron chi connectivity index (χ1n) is 30.9. The Kier molecular flexibility index (Phi) is 3.04. The van der Waals surface area contributed by atoms with Crippen molar-refractivity contribution in [2.75, 3.05) is 0 Å². The summed E-state index contributed by atoms with van der Waals surface area (Å²) >= 11 is 0. The van der Waals surface area contributed by atoms with Gasteiger partial charge in [0, 0.05) is 12.1 Å². The van der Waals surface area contributed by atoms with E-state index in [1.165, 1.54) is 32.7 Å². The van der Waals surface area contributed by atoms with Crippen LogP contribution in [0.25, 0.3) is 312 Å². The van der Waals surface area contributed by atoms with Gasteiger partial charge < -0.3 is 5.32 Å². The van der Waals surface area contributed by atoms with E-state index in [1.54, 1.807) is 313 Å². The van der Waals surface area contributed by atoms with Gasteiger partial charge in [0.2, 0.25) is 0 Å². The van der Waals surface area contributed by atoms with E-state index in [0.717, 1.165) is 0 Å². The fourth-order valence-corrected chi connectivity index (χ4v) is 28.5. The molecule has 0 aromatic heterocycles. The van der Waals surface area contributed by atoms with Crippen LogP contribution in [0.15, 0.2) is 84.9 Å². The summed E-state index contributed by atoms with van der Waals surface area (Å²) in [4.78, 5) is 0. The summed E-state index contributed by atoms with van der Waals surface area (Å²) in [6, 6.07) is 33.8. The SMILES string of the molecule is c1ccc2c(C3NC(c4cccc5ccccc45)C45c6c7c8c9c%10c%11c(c%12c%13c4c4c6c6c%14c7c7c8c8c%10c%10c%15c%11c%11c%12c%12c%13c%13c4c4c6c6c%14c%14c7c7c8c%10c8c%10c%15c%11c%11c%12c%12c%13c4c4c6c6c%14c7c8c7c%10c%11c%12c4c67)C935)cccc2c1. The maximum atomic E-state index is 5.09. The van der Waals surface area contributed by atoms with Gasteiger partial charge in [0.15, 0.2) is 0 Å². The minimum atomic E-state index is -0.510. The Labute approximate surface area is 456 Å². The molecule has 32 aromatic rings.